The second kappa shape index (κ2) is 8.38. The quantitative estimate of drug-likeness (QED) is 0.584. The van der Waals surface area contributed by atoms with Crippen LogP contribution in [0.25, 0.3) is 11.1 Å². The number of carboxylic acid groups (broad SMARTS) is 1. The van der Waals surface area contributed by atoms with Gasteiger partial charge in [-0.05, 0) is 29.5 Å². The first-order valence-electron chi connectivity index (χ1n) is 10.5. The van der Waals surface area contributed by atoms with Crippen LogP contribution < -0.4 is 5.32 Å². The van der Waals surface area contributed by atoms with Crippen LogP contribution in [-0.2, 0) is 23.1 Å². The van der Waals surface area contributed by atoms with Crippen molar-refractivity contribution in [3.8, 4) is 11.1 Å². The Morgan fingerprint density at radius 2 is 1.84 bits per heavy atom. The van der Waals surface area contributed by atoms with Crippen LogP contribution in [0.1, 0.15) is 36.9 Å². The molecule has 1 unspecified atom stereocenters. The molecule has 1 saturated carbocycles. The zero-order chi connectivity index (χ0) is 22.0. The summed E-state index contributed by atoms with van der Waals surface area (Å²) in [5.74, 6) is -1.40. The lowest BCUT2D eigenvalue weighted by Gasteiger charge is -2.22. The molecule has 1 aliphatic carbocycles. The summed E-state index contributed by atoms with van der Waals surface area (Å²) in [6.07, 6.45) is 4.81. The van der Waals surface area contributed by atoms with E-state index in [2.05, 4.69) is 46.7 Å². The number of hydrogen-bond acceptors (Lipinski definition) is 3. The Labute approximate surface area is 181 Å². The van der Waals surface area contributed by atoms with Crippen LogP contribution in [0.15, 0.2) is 67.1 Å². The minimum absolute atomic E-state index is 0.104. The van der Waals surface area contributed by atoms with E-state index < -0.39 is 17.4 Å². The Balaban J connectivity index is 1.51. The molecule has 1 aliphatic rings. The number of hydrogen-bond donors (Lipinski definition) is 2. The molecule has 2 aromatic carbocycles. The Kier molecular flexibility index (Phi) is 5.63. The molecular weight excluding hydrogens is 390 g/mol. The molecule has 1 heterocycles. The van der Waals surface area contributed by atoms with E-state index in [1.54, 1.807) is 17.8 Å². The molecule has 1 amide bonds. The highest BCUT2D eigenvalue weighted by Gasteiger charge is 2.56. The number of aromatic nitrogens is 2. The highest BCUT2D eigenvalue weighted by molar-refractivity contribution is 5.80. The van der Waals surface area contributed by atoms with Gasteiger partial charge in [0.1, 0.15) is 0 Å². The topological polar surface area (TPSA) is 84.2 Å². The summed E-state index contributed by atoms with van der Waals surface area (Å²) < 4.78 is 1.80. The third-order valence-corrected chi connectivity index (χ3v) is 6.08. The number of carboxylic acids is 1. The Morgan fingerprint density at radius 1 is 1.16 bits per heavy atom. The summed E-state index contributed by atoms with van der Waals surface area (Å²) in [5, 5.41) is 12.6. The molecular formula is C25H27N3O3. The zero-order valence-electron chi connectivity index (χ0n) is 17.8. The normalized spacial score (nSPS) is 20.8. The molecule has 1 fully saturated rings. The predicted molar refractivity (Wildman–Crippen MR) is 118 cm³/mol. The number of rotatable bonds is 8. The maximum atomic E-state index is 12.7. The first-order chi connectivity index (χ1) is 14.9. The maximum absolute atomic E-state index is 12.7. The van der Waals surface area contributed by atoms with Crippen molar-refractivity contribution in [1.82, 2.24) is 14.9 Å². The monoisotopic (exact) mass is 417 g/mol. The van der Waals surface area contributed by atoms with Crippen LogP contribution in [0.3, 0.4) is 0 Å². The smallest absolute Gasteiger partial charge is 0.306 e. The van der Waals surface area contributed by atoms with Crippen LogP contribution in [0.4, 0.5) is 0 Å². The van der Waals surface area contributed by atoms with Gasteiger partial charge in [-0.2, -0.15) is 0 Å². The number of benzene rings is 2. The highest BCUT2D eigenvalue weighted by Crippen LogP contribution is 2.55. The van der Waals surface area contributed by atoms with E-state index in [-0.39, 0.29) is 18.2 Å². The van der Waals surface area contributed by atoms with Gasteiger partial charge in [0.2, 0.25) is 5.91 Å². The van der Waals surface area contributed by atoms with E-state index >= 15 is 0 Å². The Hall–Kier alpha value is -3.41. The summed E-state index contributed by atoms with van der Waals surface area (Å²) in [7, 11) is 1.86. The SMILES string of the molecule is C[C@H](CC1(NC(=O)Cc2cn(C)cn2)C[C@H]1c1ccc(-c2ccccc2)cc1)C(=O)O. The van der Waals surface area contributed by atoms with Crippen molar-refractivity contribution in [3.63, 3.8) is 0 Å². The number of carbonyl (C=O) groups is 2. The zero-order valence-corrected chi connectivity index (χ0v) is 17.8. The van der Waals surface area contributed by atoms with Crippen molar-refractivity contribution in [3.05, 3.63) is 78.4 Å². The van der Waals surface area contributed by atoms with E-state index in [1.807, 2.05) is 31.4 Å². The molecule has 6 nitrogen and oxygen atoms in total. The van der Waals surface area contributed by atoms with E-state index in [9.17, 15) is 14.7 Å². The highest BCUT2D eigenvalue weighted by atomic mass is 16.4. The number of nitrogens with one attached hydrogen (secondary N) is 1. The molecule has 6 heteroatoms. The molecule has 1 aromatic heterocycles. The minimum atomic E-state index is -0.844. The molecule has 0 bridgehead atoms. The van der Waals surface area contributed by atoms with Crippen LogP contribution in [0.5, 0.6) is 0 Å². The fraction of sp³-hybridized carbons (Fsp3) is 0.320. The molecule has 3 atom stereocenters. The first-order valence-corrected chi connectivity index (χ1v) is 10.5. The van der Waals surface area contributed by atoms with Gasteiger partial charge >= 0.3 is 5.97 Å². The van der Waals surface area contributed by atoms with Gasteiger partial charge in [0.25, 0.3) is 0 Å². The largest absolute Gasteiger partial charge is 0.481 e. The van der Waals surface area contributed by atoms with Crippen molar-refractivity contribution in [2.75, 3.05) is 0 Å². The predicted octanol–water partition coefficient (Wildman–Crippen LogP) is 3.78. The van der Waals surface area contributed by atoms with Crippen molar-refractivity contribution < 1.29 is 14.7 Å². The number of aryl methyl sites for hydroxylation is 1. The van der Waals surface area contributed by atoms with Gasteiger partial charge in [0, 0.05) is 24.7 Å². The lowest BCUT2D eigenvalue weighted by molar-refractivity contribution is -0.142. The lowest BCUT2D eigenvalue weighted by atomic mass is 9.94. The fourth-order valence-corrected chi connectivity index (χ4v) is 4.37. The van der Waals surface area contributed by atoms with Crippen LogP contribution in [-0.4, -0.2) is 32.1 Å². The van der Waals surface area contributed by atoms with Crippen molar-refractivity contribution in [2.24, 2.45) is 13.0 Å². The average molecular weight is 418 g/mol. The third-order valence-electron chi connectivity index (χ3n) is 6.08. The second-order valence-corrected chi connectivity index (χ2v) is 8.60. The molecule has 3 aromatic rings. The van der Waals surface area contributed by atoms with Crippen molar-refractivity contribution in [2.45, 2.75) is 37.6 Å². The lowest BCUT2D eigenvalue weighted by Crippen LogP contribution is -2.41. The third kappa shape index (κ3) is 4.68. The average Bonchev–Trinajstić information content (AvgIpc) is 3.29. The molecule has 4 rings (SSSR count). The van der Waals surface area contributed by atoms with E-state index in [1.165, 1.54) is 0 Å². The van der Waals surface area contributed by atoms with Gasteiger partial charge in [0.15, 0.2) is 0 Å². The second-order valence-electron chi connectivity index (χ2n) is 8.60. The Bertz CT molecular complexity index is 1070. The maximum Gasteiger partial charge on any atom is 0.306 e. The summed E-state index contributed by atoms with van der Waals surface area (Å²) in [6, 6.07) is 18.5. The number of carbonyl (C=O) groups excluding carboxylic acids is 1. The van der Waals surface area contributed by atoms with Crippen LogP contribution in [0, 0.1) is 5.92 Å². The Morgan fingerprint density at radius 3 is 2.45 bits per heavy atom. The van der Waals surface area contributed by atoms with Crippen LogP contribution in [0.2, 0.25) is 0 Å². The number of imidazole rings is 1. The van der Waals surface area contributed by atoms with Gasteiger partial charge in [-0.25, -0.2) is 4.98 Å². The van der Waals surface area contributed by atoms with Crippen molar-refractivity contribution >= 4 is 11.9 Å². The first kappa shape index (κ1) is 20.8. The molecule has 0 radical (unpaired) electrons. The van der Waals surface area contributed by atoms with Crippen LogP contribution >= 0.6 is 0 Å². The molecule has 0 aliphatic heterocycles. The van der Waals surface area contributed by atoms with Gasteiger partial charge in [-0.3, -0.25) is 9.59 Å². The molecule has 0 spiro atoms. The standard InChI is InChI=1S/C25H27N3O3/c1-17(24(30)31)13-25(27-23(29)12-21-15-28(2)16-26-21)14-22(25)20-10-8-19(9-11-20)18-6-4-3-5-7-18/h3-11,15-17,22H,12-14H2,1-2H3,(H,27,29)(H,30,31)/t17-,22+,25?/m1/s1. The van der Waals surface area contributed by atoms with E-state index in [0.29, 0.717) is 12.1 Å². The minimum Gasteiger partial charge on any atom is -0.481 e. The molecule has 160 valence electrons. The number of aliphatic carboxylic acids is 1. The van der Waals surface area contributed by atoms with Gasteiger partial charge < -0.3 is 15.0 Å². The summed E-state index contributed by atoms with van der Waals surface area (Å²) in [5.41, 5.74) is 3.58. The summed E-state index contributed by atoms with van der Waals surface area (Å²) in [6.45, 7) is 1.70. The van der Waals surface area contributed by atoms with Crippen molar-refractivity contribution in [1.29, 1.82) is 0 Å². The molecule has 0 saturated heterocycles. The summed E-state index contributed by atoms with van der Waals surface area (Å²) in [4.78, 5) is 28.5. The molecule has 31 heavy (non-hydrogen) atoms. The van der Waals surface area contributed by atoms with Gasteiger partial charge in [-0.1, -0.05) is 61.5 Å². The summed E-state index contributed by atoms with van der Waals surface area (Å²) >= 11 is 0. The van der Waals surface area contributed by atoms with Gasteiger partial charge in [-0.15, -0.1) is 0 Å². The number of nitrogens with zero attached hydrogens (tertiary/aromatic N) is 2. The fourth-order valence-electron chi connectivity index (χ4n) is 4.37. The molecule has 2 N–H and O–H groups in total. The van der Waals surface area contributed by atoms with E-state index in [4.69, 9.17) is 0 Å². The van der Waals surface area contributed by atoms with Gasteiger partial charge in [0.05, 0.1) is 24.4 Å². The van der Waals surface area contributed by atoms with E-state index in [0.717, 1.165) is 23.1 Å². The number of amides is 1.